The van der Waals surface area contributed by atoms with Gasteiger partial charge in [-0.1, -0.05) is 36.4 Å². The molecule has 5 rings (SSSR count). The third-order valence-electron chi connectivity index (χ3n) is 5.62. The summed E-state index contributed by atoms with van der Waals surface area (Å²) in [7, 11) is 0. The van der Waals surface area contributed by atoms with Crippen LogP contribution in [0.25, 0.3) is 11.1 Å². The van der Waals surface area contributed by atoms with Gasteiger partial charge in [-0.2, -0.15) is 0 Å². The Morgan fingerprint density at radius 3 is 2.12 bits per heavy atom. The van der Waals surface area contributed by atoms with E-state index in [1.807, 2.05) is 48.5 Å². The number of fused-ring (bicyclic) bond motifs is 3. The van der Waals surface area contributed by atoms with Gasteiger partial charge in [-0.25, -0.2) is 0 Å². The van der Waals surface area contributed by atoms with E-state index in [1.54, 1.807) is 0 Å². The minimum atomic E-state index is 0.0604. The van der Waals surface area contributed by atoms with E-state index in [4.69, 9.17) is 5.11 Å². The highest BCUT2D eigenvalue weighted by Gasteiger charge is 2.38. The van der Waals surface area contributed by atoms with Crippen LogP contribution < -0.4 is 5.32 Å². The number of aliphatic hydroxyl groups is 1. The van der Waals surface area contributed by atoms with E-state index in [9.17, 15) is 4.79 Å². The Morgan fingerprint density at radius 2 is 1.60 bits per heavy atom. The smallest absolute Gasteiger partial charge is 0.229 e. The average molecular weight is 336 g/mol. The predicted octanol–water partition coefficient (Wildman–Crippen LogP) is 3.13. The zero-order valence-corrected chi connectivity index (χ0v) is 14.3. The number of nitrogens with zero attached hydrogens (tertiary/aromatic N) is 1. The number of benzene rings is 2. The van der Waals surface area contributed by atoms with Crippen LogP contribution in [0.1, 0.15) is 18.4 Å². The lowest BCUT2D eigenvalue weighted by atomic mass is 9.78. The minimum Gasteiger partial charge on any atom is -0.392 e. The molecule has 3 heterocycles. The molecule has 1 amide bonds. The number of rotatable bonds is 4. The molecule has 0 aliphatic carbocycles. The molecule has 2 aromatic carbocycles. The Balaban J connectivity index is 1.42. The number of carbonyl (C=O) groups is 1. The summed E-state index contributed by atoms with van der Waals surface area (Å²) in [6.45, 7) is 3.27. The van der Waals surface area contributed by atoms with Crippen molar-refractivity contribution in [1.82, 2.24) is 4.90 Å². The first-order valence-electron chi connectivity index (χ1n) is 9.06. The molecule has 3 aliphatic heterocycles. The van der Waals surface area contributed by atoms with E-state index in [2.05, 4.69) is 10.2 Å². The van der Waals surface area contributed by atoms with Crippen LogP contribution in [-0.2, 0) is 11.4 Å². The molecular weight excluding hydrogens is 312 g/mol. The standard InChI is InChI=1S/C21H24N2O2/c24-14-15-1-3-16(4-2-15)17-5-7-19(8-6-17)22-21(25)20-13-23-11-9-18(20)10-12-23/h1-8,18,20,24H,9-14H2,(H,22,25)/t20-/m0/s1. The molecule has 3 fully saturated rings. The zero-order valence-electron chi connectivity index (χ0n) is 14.3. The van der Waals surface area contributed by atoms with Gasteiger partial charge in [-0.15, -0.1) is 0 Å². The predicted molar refractivity (Wildman–Crippen MR) is 99.1 cm³/mol. The topological polar surface area (TPSA) is 52.6 Å². The number of hydrogen-bond acceptors (Lipinski definition) is 3. The maximum atomic E-state index is 12.6. The normalized spacial score (nSPS) is 24.9. The molecule has 4 heteroatoms. The van der Waals surface area contributed by atoms with Gasteiger partial charge in [0.2, 0.25) is 5.91 Å². The van der Waals surface area contributed by atoms with Gasteiger partial charge in [0.05, 0.1) is 12.5 Å². The fourth-order valence-corrected chi connectivity index (χ4v) is 4.05. The van der Waals surface area contributed by atoms with E-state index in [0.29, 0.717) is 5.92 Å². The first-order chi connectivity index (χ1) is 12.2. The molecule has 0 radical (unpaired) electrons. The first kappa shape index (κ1) is 16.3. The van der Waals surface area contributed by atoms with Crippen molar-refractivity contribution < 1.29 is 9.90 Å². The quantitative estimate of drug-likeness (QED) is 0.902. The summed E-state index contributed by atoms with van der Waals surface area (Å²) < 4.78 is 0. The molecule has 3 saturated heterocycles. The largest absolute Gasteiger partial charge is 0.392 e. The molecule has 2 N–H and O–H groups in total. The lowest BCUT2D eigenvalue weighted by Crippen LogP contribution is -2.51. The van der Waals surface area contributed by atoms with Gasteiger partial charge >= 0.3 is 0 Å². The Kier molecular flexibility index (Phi) is 4.55. The summed E-state index contributed by atoms with van der Waals surface area (Å²) in [6, 6.07) is 15.9. The molecular formula is C21H24N2O2. The second-order valence-electron chi connectivity index (χ2n) is 7.17. The molecule has 4 nitrogen and oxygen atoms in total. The van der Waals surface area contributed by atoms with Crippen molar-refractivity contribution in [3.05, 3.63) is 54.1 Å². The van der Waals surface area contributed by atoms with Gasteiger partial charge in [-0.3, -0.25) is 4.79 Å². The molecule has 25 heavy (non-hydrogen) atoms. The summed E-state index contributed by atoms with van der Waals surface area (Å²) in [5, 5.41) is 12.2. The van der Waals surface area contributed by atoms with Crippen LogP contribution in [0.4, 0.5) is 5.69 Å². The molecule has 0 spiro atoms. The van der Waals surface area contributed by atoms with Crippen molar-refractivity contribution in [3.63, 3.8) is 0 Å². The molecule has 2 bridgehead atoms. The molecule has 1 atom stereocenters. The number of carbonyl (C=O) groups excluding carboxylic acids is 1. The van der Waals surface area contributed by atoms with Gasteiger partial charge in [0.1, 0.15) is 0 Å². The van der Waals surface area contributed by atoms with Crippen LogP contribution in [0.2, 0.25) is 0 Å². The monoisotopic (exact) mass is 336 g/mol. The van der Waals surface area contributed by atoms with Gasteiger partial charge in [-0.05, 0) is 60.7 Å². The van der Waals surface area contributed by atoms with Crippen LogP contribution in [-0.4, -0.2) is 35.5 Å². The highest BCUT2D eigenvalue weighted by Crippen LogP contribution is 2.33. The van der Waals surface area contributed by atoms with Gasteiger partial charge < -0.3 is 15.3 Å². The van der Waals surface area contributed by atoms with Crippen LogP contribution in [0, 0.1) is 11.8 Å². The minimum absolute atomic E-state index is 0.0604. The molecule has 0 aromatic heterocycles. The van der Waals surface area contributed by atoms with E-state index >= 15 is 0 Å². The molecule has 0 saturated carbocycles. The first-order valence-corrected chi connectivity index (χ1v) is 9.06. The Bertz CT molecular complexity index is 731. The van der Waals surface area contributed by atoms with Crippen molar-refractivity contribution in [2.75, 3.05) is 25.0 Å². The fourth-order valence-electron chi connectivity index (χ4n) is 4.05. The lowest BCUT2D eigenvalue weighted by Gasteiger charge is -2.43. The van der Waals surface area contributed by atoms with Crippen LogP contribution in [0.5, 0.6) is 0 Å². The lowest BCUT2D eigenvalue weighted by molar-refractivity contribution is -0.125. The number of piperidine rings is 3. The number of amides is 1. The number of anilines is 1. The van der Waals surface area contributed by atoms with Gasteiger partial charge in [0.15, 0.2) is 0 Å². The third kappa shape index (κ3) is 3.46. The summed E-state index contributed by atoms with van der Waals surface area (Å²) >= 11 is 0. The van der Waals surface area contributed by atoms with Crippen molar-refractivity contribution in [2.45, 2.75) is 19.4 Å². The van der Waals surface area contributed by atoms with Crippen LogP contribution in [0.15, 0.2) is 48.5 Å². The van der Waals surface area contributed by atoms with E-state index in [1.165, 1.54) is 0 Å². The molecule has 2 aromatic rings. The molecule has 130 valence electrons. The van der Waals surface area contributed by atoms with Crippen molar-refractivity contribution >= 4 is 11.6 Å². The molecule has 3 aliphatic rings. The Labute approximate surface area is 148 Å². The third-order valence-corrected chi connectivity index (χ3v) is 5.62. The summed E-state index contributed by atoms with van der Waals surface area (Å²) in [6.07, 6.45) is 2.31. The van der Waals surface area contributed by atoms with Crippen molar-refractivity contribution in [1.29, 1.82) is 0 Å². The van der Waals surface area contributed by atoms with Gasteiger partial charge in [0.25, 0.3) is 0 Å². The Hall–Kier alpha value is -2.17. The zero-order chi connectivity index (χ0) is 17.2. The Morgan fingerprint density at radius 1 is 1.00 bits per heavy atom. The molecule has 0 unspecified atom stereocenters. The average Bonchev–Trinajstić information content (AvgIpc) is 2.69. The maximum Gasteiger partial charge on any atom is 0.229 e. The maximum absolute atomic E-state index is 12.6. The second kappa shape index (κ2) is 6.98. The van der Waals surface area contributed by atoms with E-state index < -0.39 is 0 Å². The SMILES string of the molecule is O=C(Nc1ccc(-c2ccc(CO)cc2)cc1)[C@H]1CN2CCC1CC2. The van der Waals surface area contributed by atoms with Crippen LogP contribution in [0.3, 0.4) is 0 Å². The summed E-state index contributed by atoms with van der Waals surface area (Å²) in [5.41, 5.74) is 3.97. The highest BCUT2D eigenvalue weighted by molar-refractivity contribution is 5.93. The van der Waals surface area contributed by atoms with Crippen LogP contribution >= 0.6 is 0 Å². The van der Waals surface area contributed by atoms with Crippen molar-refractivity contribution in [2.24, 2.45) is 11.8 Å². The number of nitrogens with one attached hydrogen (secondary N) is 1. The van der Waals surface area contributed by atoms with Crippen molar-refractivity contribution in [3.8, 4) is 11.1 Å². The summed E-state index contributed by atoms with van der Waals surface area (Å²) in [4.78, 5) is 15.0. The highest BCUT2D eigenvalue weighted by atomic mass is 16.3. The fraction of sp³-hybridized carbons (Fsp3) is 0.381. The summed E-state index contributed by atoms with van der Waals surface area (Å²) in [5.74, 6) is 0.844. The van der Waals surface area contributed by atoms with Gasteiger partial charge in [0, 0.05) is 12.2 Å². The second-order valence-corrected chi connectivity index (χ2v) is 7.17. The van der Waals surface area contributed by atoms with E-state index in [0.717, 1.165) is 54.9 Å². The number of aliphatic hydroxyl groups excluding tert-OH is 1. The van der Waals surface area contributed by atoms with E-state index in [-0.39, 0.29) is 18.4 Å². The number of hydrogen-bond donors (Lipinski definition) is 2.